The Morgan fingerprint density at radius 3 is 2.28 bits per heavy atom. The summed E-state index contributed by atoms with van der Waals surface area (Å²) in [6, 6.07) is -0.0572. The molecule has 0 fully saturated rings. The van der Waals surface area contributed by atoms with E-state index >= 15 is 0 Å². The van der Waals surface area contributed by atoms with E-state index in [2.05, 4.69) is 10.6 Å². The highest BCUT2D eigenvalue weighted by Crippen LogP contribution is 2.33. The van der Waals surface area contributed by atoms with Crippen molar-refractivity contribution >= 4 is 46.5 Å². The summed E-state index contributed by atoms with van der Waals surface area (Å²) in [5.74, 6) is -0.358. The highest BCUT2D eigenvalue weighted by atomic mass is 32.2. The van der Waals surface area contributed by atoms with Crippen LogP contribution in [0.2, 0.25) is 0 Å². The number of aliphatic hydroxyl groups excluding tert-OH is 1. The van der Waals surface area contributed by atoms with Gasteiger partial charge in [0.05, 0.1) is 30.3 Å². The van der Waals surface area contributed by atoms with Crippen molar-refractivity contribution in [3.8, 4) is 0 Å². The first kappa shape index (κ1) is 42.4. The monoisotopic (exact) mass is 683 g/mol. The predicted molar refractivity (Wildman–Crippen MR) is 187 cm³/mol. The van der Waals surface area contributed by atoms with Crippen LogP contribution < -0.4 is 10.6 Å². The van der Waals surface area contributed by atoms with Gasteiger partial charge >= 0.3 is 6.09 Å². The Bertz CT molecular complexity index is 1080. The van der Waals surface area contributed by atoms with Crippen LogP contribution in [0.1, 0.15) is 100 Å². The fourth-order valence-electron chi connectivity index (χ4n) is 5.01. The summed E-state index contributed by atoms with van der Waals surface area (Å²) in [5, 5.41) is 17.1. The van der Waals surface area contributed by atoms with Crippen molar-refractivity contribution in [2.45, 2.75) is 119 Å². The summed E-state index contributed by atoms with van der Waals surface area (Å²) in [6.07, 6.45) is 1.90. The molecule has 270 valence electrons. The van der Waals surface area contributed by atoms with Crippen molar-refractivity contribution in [1.29, 1.82) is 0 Å². The van der Waals surface area contributed by atoms with Gasteiger partial charge in [-0.2, -0.15) is 0 Å². The van der Waals surface area contributed by atoms with Gasteiger partial charge in [-0.1, -0.05) is 61.8 Å². The molecule has 1 heterocycles. The summed E-state index contributed by atoms with van der Waals surface area (Å²) in [6.45, 7) is 16.0. The van der Waals surface area contributed by atoms with Gasteiger partial charge in [0, 0.05) is 45.2 Å². The SMILES string of the molecule is CCCN(C(=O)CC(C)CC)C(=O)OC(C[C@@H](C)CC(O)C(C)C1=NC(CCC(=O)NCC(=O)N(C)CC(=O)NC)CS1)C(C)(C)C. The van der Waals surface area contributed by atoms with Crippen molar-refractivity contribution in [2.75, 3.05) is 39.5 Å². The van der Waals surface area contributed by atoms with E-state index in [0.717, 1.165) is 17.2 Å². The van der Waals surface area contributed by atoms with E-state index in [1.807, 2.05) is 55.4 Å². The second kappa shape index (κ2) is 20.6. The molecule has 0 aromatic rings. The minimum absolute atomic E-state index is 0.0320. The first-order valence-electron chi connectivity index (χ1n) is 17.0. The molecule has 0 radical (unpaired) electrons. The topological polar surface area (TPSA) is 158 Å². The Kier molecular flexibility index (Phi) is 18.6. The normalized spacial score (nSPS) is 17.9. The molecule has 0 spiro atoms. The van der Waals surface area contributed by atoms with E-state index in [-0.39, 0.29) is 72.3 Å². The molecule has 1 aliphatic rings. The Labute approximate surface area is 286 Å². The lowest BCUT2D eigenvalue weighted by Gasteiger charge is -2.34. The molecule has 12 nitrogen and oxygen atoms in total. The first-order valence-corrected chi connectivity index (χ1v) is 18.0. The Morgan fingerprint density at radius 2 is 1.70 bits per heavy atom. The van der Waals surface area contributed by atoms with Gasteiger partial charge in [-0.05, 0) is 42.9 Å². The quantitative estimate of drug-likeness (QED) is 0.183. The van der Waals surface area contributed by atoms with E-state index < -0.39 is 18.3 Å². The lowest BCUT2D eigenvalue weighted by atomic mass is 9.81. The second-order valence-corrected chi connectivity index (χ2v) is 15.1. The molecule has 0 aromatic carbocycles. The Morgan fingerprint density at radius 1 is 1.04 bits per heavy atom. The molecule has 13 heteroatoms. The molecule has 0 bridgehead atoms. The number of imide groups is 1. The number of nitrogens with zero attached hydrogens (tertiary/aromatic N) is 3. The molecule has 5 unspecified atom stereocenters. The number of ether oxygens (including phenoxy) is 1. The molecule has 1 rings (SSSR count). The van der Waals surface area contributed by atoms with Crippen LogP contribution in [0.3, 0.4) is 0 Å². The van der Waals surface area contributed by atoms with Crippen LogP contribution in [0.15, 0.2) is 4.99 Å². The second-order valence-electron chi connectivity index (χ2n) is 14.1. The Balaban J connectivity index is 2.68. The predicted octanol–water partition coefficient (Wildman–Crippen LogP) is 4.24. The molecule has 0 saturated heterocycles. The Hall–Kier alpha value is -2.67. The molecule has 1 aliphatic heterocycles. The fourth-order valence-corrected chi connectivity index (χ4v) is 6.26. The van der Waals surface area contributed by atoms with Crippen LogP contribution in [0.4, 0.5) is 4.79 Å². The van der Waals surface area contributed by atoms with Crippen LogP contribution in [0.25, 0.3) is 0 Å². The zero-order chi connectivity index (χ0) is 35.9. The maximum Gasteiger partial charge on any atom is 0.416 e. The number of hydrogen-bond donors (Lipinski definition) is 3. The summed E-state index contributed by atoms with van der Waals surface area (Å²) in [4.78, 5) is 69.3. The van der Waals surface area contributed by atoms with E-state index in [1.165, 1.54) is 23.9 Å². The van der Waals surface area contributed by atoms with E-state index in [9.17, 15) is 29.1 Å². The number of carbonyl (C=O) groups is 5. The van der Waals surface area contributed by atoms with Crippen LogP contribution in [0, 0.1) is 23.2 Å². The van der Waals surface area contributed by atoms with Crippen LogP contribution >= 0.6 is 11.8 Å². The number of nitrogens with one attached hydrogen (secondary N) is 2. The minimum Gasteiger partial charge on any atom is -0.445 e. The van der Waals surface area contributed by atoms with Gasteiger partial charge in [0.2, 0.25) is 23.6 Å². The van der Waals surface area contributed by atoms with E-state index in [1.54, 1.807) is 11.8 Å². The maximum atomic E-state index is 13.2. The first-order chi connectivity index (χ1) is 21.9. The number of likely N-dealkylation sites (N-methyl/N-ethyl adjacent to an activating group) is 2. The molecular weight excluding hydrogens is 622 g/mol. The number of aliphatic imine (C=N–C) groups is 1. The third-order valence-electron chi connectivity index (χ3n) is 8.58. The lowest BCUT2D eigenvalue weighted by Crippen LogP contribution is -2.43. The number of thioether (sulfide) groups is 1. The van der Waals surface area contributed by atoms with E-state index in [0.29, 0.717) is 38.6 Å². The molecule has 0 aromatic heterocycles. The summed E-state index contributed by atoms with van der Waals surface area (Å²) in [5.41, 5.74) is -0.363. The standard InChI is InChI=1S/C34H61N5O7S/c1-11-15-39(30(43)18-22(3)12-2)33(45)46-27(34(6,7)8)17-23(4)16-26(40)24(5)32-37-25(21-47-32)13-14-28(41)36-19-31(44)38(10)20-29(42)35-9/h22-27,40H,11-21H2,1-10H3,(H,35,42)(H,36,41)/t22?,23-,24?,25?,26?,27?/m0/s1. The van der Waals surface area contributed by atoms with Gasteiger partial charge in [0.25, 0.3) is 0 Å². The van der Waals surface area contributed by atoms with Gasteiger partial charge in [0.1, 0.15) is 6.10 Å². The van der Waals surface area contributed by atoms with Crippen molar-refractivity contribution in [1.82, 2.24) is 20.4 Å². The largest absolute Gasteiger partial charge is 0.445 e. The average Bonchev–Trinajstić information content (AvgIpc) is 3.48. The number of amides is 5. The summed E-state index contributed by atoms with van der Waals surface area (Å²) < 4.78 is 5.99. The molecule has 5 amide bonds. The fraction of sp³-hybridized carbons (Fsp3) is 0.824. The van der Waals surface area contributed by atoms with E-state index in [4.69, 9.17) is 9.73 Å². The van der Waals surface area contributed by atoms with Crippen molar-refractivity contribution in [3.05, 3.63) is 0 Å². The zero-order valence-electron chi connectivity index (χ0n) is 30.4. The van der Waals surface area contributed by atoms with Crippen LogP contribution in [-0.2, 0) is 23.9 Å². The molecule has 47 heavy (non-hydrogen) atoms. The molecular formula is C34H61N5O7S. The van der Waals surface area contributed by atoms with Gasteiger partial charge in [0.15, 0.2) is 0 Å². The molecule has 6 atom stereocenters. The summed E-state index contributed by atoms with van der Waals surface area (Å²) >= 11 is 1.59. The highest BCUT2D eigenvalue weighted by molar-refractivity contribution is 8.14. The molecule has 0 saturated carbocycles. The van der Waals surface area contributed by atoms with Crippen molar-refractivity contribution < 1.29 is 33.8 Å². The number of hydrogen-bond acceptors (Lipinski definition) is 9. The number of carbonyl (C=O) groups excluding carboxylic acids is 5. The average molecular weight is 684 g/mol. The zero-order valence-corrected chi connectivity index (χ0v) is 31.2. The van der Waals surface area contributed by atoms with Gasteiger partial charge < -0.3 is 25.4 Å². The van der Waals surface area contributed by atoms with Gasteiger partial charge in [-0.3, -0.25) is 24.2 Å². The smallest absolute Gasteiger partial charge is 0.416 e. The third kappa shape index (κ3) is 15.4. The number of aliphatic hydroxyl groups is 1. The van der Waals surface area contributed by atoms with Crippen molar-refractivity contribution in [2.24, 2.45) is 28.2 Å². The van der Waals surface area contributed by atoms with Gasteiger partial charge in [-0.25, -0.2) is 9.69 Å². The van der Waals surface area contributed by atoms with Crippen molar-refractivity contribution in [3.63, 3.8) is 0 Å². The highest BCUT2D eigenvalue weighted by Gasteiger charge is 2.35. The molecule has 0 aliphatic carbocycles. The van der Waals surface area contributed by atoms with Crippen LogP contribution in [-0.4, -0.2) is 107 Å². The minimum atomic E-state index is -0.652. The van der Waals surface area contributed by atoms with Crippen LogP contribution in [0.5, 0.6) is 0 Å². The number of rotatable bonds is 19. The lowest BCUT2D eigenvalue weighted by molar-refractivity contribution is -0.135. The molecule has 3 N–H and O–H groups in total. The maximum absolute atomic E-state index is 13.2. The van der Waals surface area contributed by atoms with Gasteiger partial charge in [-0.15, -0.1) is 11.8 Å². The summed E-state index contributed by atoms with van der Waals surface area (Å²) in [7, 11) is 3.00. The third-order valence-corrected chi connectivity index (χ3v) is 9.91.